The zero-order valence-electron chi connectivity index (χ0n) is 13.1. The molecule has 1 aromatic rings. The number of amides is 2. The molecule has 2 rings (SSSR count). The molecule has 0 spiro atoms. The number of hydrogen-bond acceptors (Lipinski definition) is 3. The third-order valence-electron chi connectivity index (χ3n) is 3.88. The van der Waals surface area contributed by atoms with Crippen LogP contribution in [0.5, 0.6) is 0 Å². The summed E-state index contributed by atoms with van der Waals surface area (Å²) in [6.45, 7) is 3.32. The summed E-state index contributed by atoms with van der Waals surface area (Å²) >= 11 is 5.91. The van der Waals surface area contributed by atoms with E-state index < -0.39 is 6.04 Å². The van der Waals surface area contributed by atoms with Crippen LogP contribution in [0.3, 0.4) is 0 Å². The van der Waals surface area contributed by atoms with Crippen LogP contribution in [0.25, 0.3) is 6.08 Å². The lowest BCUT2D eigenvalue weighted by Gasteiger charge is -2.38. The molecule has 5 nitrogen and oxygen atoms in total. The highest BCUT2D eigenvalue weighted by Gasteiger charge is 2.32. The van der Waals surface area contributed by atoms with Gasteiger partial charge in [-0.2, -0.15) is 0 Å². The molecule has 6 heteroatoms. The summed E-state index contributed by atoms with van der Waals surface area (Å²) in [5, 5.41) is 9.48. The molecule has 0 aliphatic carbocycles. The lowest BCUT2D eigenvalue weighted by molar-refractivity contribution is -0.148. The molecule has 0 saturated carbocycles. The van der Waals surface area contributed by atoms with Crippen molar-refractivity contribution in [2.75, 3.05) is 26.2 Å². The van der Waals surface area contributed by atoms with E-state index in [0.29, 0.717) is 31.1 Å². The topological polar surface area (TPSA) is 60.9 Å². The van der Waals surface area contributed by atoms with Crippen molar-refractivity contribution in [2.45, 2.75) is 19.4 Å². The van der Waals surface area contributed by atoms with E-state index in [1.165, 1.54) is 6.08 Å². The monoisotopic (exact) mass is 336 g/mol. The Hall–Kier alpha value is -1.85. The first-order valence-electron chi connectivity index (χ1n) is 7.67. The van der Waals surface area contributed by atoms with Crippen molar-refractivity contribution in [3.05, 3.63) is 40.9 Å². The Morgan fingerprint density at radius 2 is 2.22 bits per heavy atom. The lowest BCUT2D eigenvalue weighted by atomic mass is 10.1. The van der Waals surface area contributed by atoms with Crippen molar-refractivity contribution in [3.8, 4) is 0 Å². The van der Waals surface area contributed by atoms with E-state index in [4.69, 9.17) is 16.7 Å². The molecule has 2 amide bonds. The van der Waals surface area contributed by atoms with Crippen molar-refractivity contribution in [3.63, 3.8) is 0 Å². The zero-order chi connectivity index (χ0) is 16.8. The Morgan fingerprint density at radius 3 is 2.91 bits per heavy atom. The van der Waals surface area contributed by atoms with E-state index in [0.717, 1.165) is 5.56 Å². The van der Waals surface area contributed by atoms with Crippen LogP contribution in [0.15, 0.2) is 30.3 Å². The average molecular weight is 337 g/mol. The molecule has 0 unspecified atom stereocenters. The van der Waals surface area contributed by atoms with Crippen LogP contribution in [-0.2, 0) is 9.59 Å². The van der Waals surface area contributed by atoms with Gasteiger partial charge in [-0.1, -0.05) is 23.7 Å². The first kappa shape index (κ1) is 17.5. The summed E-state index contributed by atoms with van der Waals surface area (Å²) in [5.41, 5.74) is 0.839. The Kier molecular flexibility index (Phi) is 6.19. The zero-order valence-corrected chi connectivity index (χ0v) is 13.9. The highest BCUT2D eigenvalue weighted by molar-refractivity contribution is 6.30. The van der Waals surface area contributed by atoms with E-state index in [1.54, 1.807) is 34.9 Å². The van der Waals surface area contributed by atoms with Crippen LogP contribution >= 0.6 is 11.6 Å². The highest BCUT2D eigenvalue weighted by atomic mass is 35.5. The molecule has 0 radical (unpaired) electrons. The van der Waals surface area contributed by atoms with Crippen LogP contribution in [0.1, 0.15) is 18.9 Å². The van der Waals surface area contributed by atoms with Gasteiger partial charge >= 0.3 is 0 Å². The van der Waals surface area contributed by atoms with Crippen LogP contribution in [0.2, 0.25) is 5.02 Å². The second-order valence-electron chi connectivity index (χ2n) is 5.50. The van der Waals surface area contributed by atoms with Crippen molar-refractivity contribution >= 4 is 29.5 Å². The van der Waals surface area contributed by atoms with E-state index in [2.05, 4.69) is 0 Å². The molecular weight excluding hydrogens is 316 g/mol. The average Bonchev–Trinajstić information content (AvgIpc) is 2.54. The van der Waals surface area contributed by atoms with E-state index in [-0.39, 0.29) is 18.4 Å². The van der Waals surface area contributed by atoms with Crippen molar-refractivity contribution in [1.29, 1.82) is 0 Å². The standard InChI is InChI=1S/C17H21ClN2O3/c1-13-17(23)19(8-3-11-21)9-10-20(13)16(22)7-6-14-4-2-5-15(18)12-14/h2,4-7,12-13,21H,3,8-11H2,1H3/b7-6+/t13-/m0/s1. The van der Waals surface area contributed by atoms with Crippen molar-refractivity contribution < 1.29 is 14.7 Å². The fourth-order valence-electron chi connectivity index (χ4n) is 2.59. The Bertz CT molecular complexity index is 603. The van der Waals surface area contributed by atoms with Gasteiger partial charge in [0.2, 0.25) is 11.8 Å². The van der Waals surface area contributed by atoms with Gasteiger partial charge in [-0.05, 0) is 37.1 Å². The van der Waals surface area contributed by atoms with Gasteiger partial charge in [0.15, 0.2) is 0 Å². The number of aliphatic hydroxyl groups excluding tert-OH is 1. The molecular formula is C17H21ClN2O3. The Labute approximate surface area is 141 Å². The quantitative estimate of drug-likeness (QED) is 0.834. The molecule has 1 atom stereocenters. The second-order valence-corrected chi connectivity index (χ2v) is 5.93. The first-order valence-corrected chi connectivity index (χ1v) is 8.04. The predicted molar refractivity (Wildman–Crippen MR) is 89.9 cm³/mol. The summed E-state index contributed by atoms with van der Waals surface area (Å²) in [5.74, 6) is -0.262. The summed E-state index contributed by atoms with van der Waals surface area (Å²) in [6.07, 6.45) is 3.73. The van der Waals surface area contributed by atoms with Gasteiger partial charge in [0.1, 0.15) is 6.04 Å². The largest absolute Gasteiger partial charge is 0.396 e. The maximum Gasteiger partial charge on any atom is 0.247 e. The van der Waals surface area contributed by atoms with Crippen LogP contribution in [0.4, 0.5) is 0 Å². The van der Waals surface area contributed by atoms with Gasteiger partial charge in [-0.25, -0.2) is 0 Å². The van der Waals surface area contributed by atoms with Crippen LogP contribution in [0, 0.1) is 0 Å². The number of carbonyl (C=O) groups excluding carboxylic acids is 2. The third kappa shape index (κ3) is 4.56. The minimum absolute atomic E-state index is 0.0587. The molecule has 124 valence electrons. The summed E-state index contributed by atoms with van der Waals surface area (Å²) in [4.78, 5) is 27.9. The number of benzene rings is 1. The molecule has 1 aromatic carbocycles. The van der Waals surface area contributed by atoms with E-state index >= 15 is 0 Å². The second kappa shape index (κ2) is 8.13. The van der Waals surface area contributed by atoms with Gasteiger partial charge in [0.25, 0.3) is 0 Å². The maximum absolute atomic E-state index is 12.3. The van der Waals surface area contributed by atoms with Crippen LogP contribution in [-0.4, -0.2) is 59.0 Å². The number of nitrogens with zero attached hydrogens (tertiary/aromatic N) is 2. The number of rotatable bonds is 5. The molecule has 1 saturated heterocycles. The summed E-state index contributed by atoms with van der Waals surface area (Å²) in [7, 11) is 0. The van der Waals surface area contributed by atoms with Gasteiger partial charge < -0.3 is 14.9 Å². The fourth-order valence-corrected chi connectivity index (χ4v) is 2.79. The third-order valence-corrected chi connectivity index (χ3v) is 4.12. The van der Waals surface area contributed by atoms with E-state index in [9.17, 15) is 9.59 Å². The first-order chi connectivity index (χ1) is 11.0. The molecule has 1 N–H and O–H groups in total. The van der Waals surface area contributed by atoms with Crippen molar-refractivity contribution in [1.82, 2.24) is 9.80 Å². The Morgan fingerprint density at radius 1 is 1.43 bits per heavy atom. The van der Waals surface area contributed by atoms with Gasteiger partial charge in [0, 0.05) is 37.3 Å². The summed E-state index contributed by atoms with van der Waals surface area (Å²) in [6, 6.07) is 6.73. The molecule has 0 bridgehead atoms. The number of aliphatic hydroxyl groups is 1. The molecule has 1 aliphatic rings. The van der Waals surface area contributed by atoms with Crippen molar-refractivity contribution in [2.24, 2.45) is 0 Å². The number of carbonyl (C=O) groups is 2. The molecule has 0 aromatic heterocycles. The minimum atomic E-state index is -0.487. The number of halogens is 1. The predicted octanol–water partition coefficient (Wildman–Crippen LogP) is 1.79. The smallest absolute Gasteiger partial charge is 0.247 e. The number of hydrogen-bond donors (Lipinski definition) is 1. The molecule has 23 heavy (non-hydrogen) atoms. The normalized spacial score (nSPS) is 18.7. The highest BCUT2D eigenvalue weighted by Crippen LogP contribution is 2.15. The molecule has 1 aliphatic heterocycles. The van der Waals surface area contributed by atoms with E-state index in [1.807, 2.05) is 12.1 Å². The van der Waals surface area contributed by atoms with Gasteiger partial charge in [-0.3, -0.25) is 9.59 Å². The maximum atomic E-state index is 12.3. The van der Waals surface area contributed by atoms with Gasteiger partial charge in [-0.15, -0.1) is 0 Å². The van der Waals surface area contributed by atoms with Crippen LogP contribution < -0.4 is 0 Å². The lowest BCUT2D eigenvalue weighted by Crippen LogP contribution is -2.57. The summed E-state index contributed by atoms with van der Waals surface area (Å²) < 4.78 is 0. The fraction of sp³-hybridized carbons (Fsp3) is 0.412. The molecule has 1 heterocycles. The minimum Gasteiger partial charge on any atom is -0.396 e. The molecule has 1 fully saturated rings. The van der Waals surface area contributed by atoms with Gasteiger partial charge in [0.05, 0.1) is 0 Å². The number of piperazine rings is 1. The Balaban J connectivity index is 1.99. The SMILES string of the molecule is C[C@H]1C(=O)N(CCCO)CCN1C(=O)/C=C/c1cccc(Cl)c1.